The first-order valence-electron chi connectivity index (χ1n) is 13.8. The molecule has 0 spiro atoms. The monoisotopic (exact) mass is 506 g/mol. The lowest BCUT2D eigenvalue weighted by Gasteiger charge is -2.28. The lowest BCUT2D eigenvalue weighted by Crippen LogP contribution is -2.39. The van der Waals surface area contributed by atoms with E-state index in [-0.39, 0.29) is 0 Å². The Labute approximate surface area is 218 Å². The molecule has 0 unspecified atom stereocenters. The lowest BCUT2D eigenvalue weighted by atomic mass is 9.95. The second-order valence-corrected chi connectivity index (χ2v) is 10.2. The maximum atomic E-state index is 5.49. The molecule has 2 N–H and O–H groups in total. The van der Waals surface area contributed by atoms with E-state index in [0.29, 0.717) is 12.0 Å². The van der Waals surface area contributed by atoms with E-state index in [1.807, 2.05) is 6.33 Å². The van der Waals surface area contributed by atoms with Crippen molar-refractivity contribution in [3.05, 3.63) is 30.6 Å². The molecule has 10 nitrogen and oxygen atoms in total. The molecule has 10 heteroatoms. The van der Waals surface area contributed by atoms with Crippen LogP contribution in [0.15, 0.2) is 30.6 Å². The van der Waals surface area contributed by atoms with Crippen LogP contribution in [0.2, 0.25) is 0 Å². The van der Waals surface area contributed by atoms with Crippen LogP contribution in [-0.4, -0.2) is 90.1 Å². The van der Waals surface area contributed by atoms with Gasteiger partial charge in [0.25, 0.3) is 0 Å². The van der Waals surface area contributed by atoms with Gasteiger partial charge in [-0.05, 0) is 37.1 Å². The number of imidazole rings is 1. The predicted molar refractivity (Wildman–Crippen MR) is 146 cm³/mol. The number of aromatic nitrogens is 4. The van der Waals surface area contributed by atoms with Crippen LogP contribution < -0.4 is 15.5 Å². The van der Waals surface area contributed by atoms with E-state index in [9.17, 15) is 0 Å². The fraction of sp³-hybridized carbons (Fsp3) is 0.593. The van der Waals surface area contributed by atoms with Crippen LogP contribution in [0.25, 0.3) is 11.2 Å². The first-order valence-corrected chi connectivity index (χ1v) is 13.8. The largest absolute Gasteiger partial charge is 0.379 e. The van der Waals surface area contributed by atoms with Gasteiger partial charge in [-0.3, -0.25) is 4.90 Å². The minimum Gasteiger partial charge on any atom is -0.379 e. The third-order valence-electron chi connectivity index (χ3n) is 7.71. The number of rotatable bonds is 8. The number of nitrogens with zero attached hydrogens (tertiary/aromatic N) is 6. The highest BCUT2D eigenvalue weighted by atomic mass is 16.5. The average Bonchev–Trinajstić information content (AvgIpc) is 3.39. The minimum absolute atomic E-state index is 0.454. The van der Waals surface area contributed by atoms with Crippen LogP contribution >= 0.6 is 0 Å². The van der Waals surface area contributed by atoms with Crippen molar-refractivity contribution in [3.63, 3.8) is 0 Å². The number of morpholine rings is 2. The average molecular weight is 507 g/mol. The number of benzene rings is 1. The zero-order valence-corrected chi connectivity index (χ0v) is 21.6. The second-order valence-electron chi connectivity index (χ2n) is 10.2. The summed E-state index contributed by atoms with van der Waals surface area (Å²) < 4.78 is 13.2. The van der Waals surface area contributed by atoms with Crippen molar-refractivity contribution < 1.29 is 9.47 Å². The van der Waals surface area contributed by atoms with E-state index in [1.54, 1.807) is 0 Å². The Hall–Kier alpha value is -2.95. The van der Waals surface area contributed by atoms with Gasteiger partial charge in [-0.25, -0.2) is 4.98 Å². The fourth-order valence-corrected chi connectivity index (χ4v) is 5.57. The molecule has 3 aromatic rings. The molecule has 1 saturated carbocycles. The van der Waals surface area contributed by atoms with Crippen LogP contribution in [0.3, 0.4) is 0 Å². The molecule has 37 heavy (non-hydrogen) atoms. The number of anilines is 4. The molecule has 1 aromatic carbocycles. The summed E-state index contributed by atoms with van der Waals surface area (Å²) in [6.07, 6.45) is 8.17. The molecule has 6 rings (SSSR count). The first-order chi connectivity index (χ1) is 18.3. The molecule has 2 saturated heterocycles. The van der Waals surface area contributed by atoms with Crippen molar-refractivity contribution in [1.82, 2.24) is 24.4 Å². The molecule has 0 bridgehead atoms. The number of nitrogens with one attached hydrogen (secondary N) is 2. The molecule has 3 fully saturated rings. The molecule has 1 aliphatic carbocycles. The topological polar surface area (TPSA) is 92.6 Å². The molecule has 0 radical (unpaired) electrons. The third-order valence-corrected chi connectivity index (χ3v) is 7.71. The summed E-state index contributed by atoms with van der Waals surface area (Å²) in [5, 5.41) is 7.01. The molecule has 198 valence electrons. The zero-order chi connectivity index (χ0) is 24.9. The minimum atomic E-state index is 0.454. The zero-order valence-electron chi connectivity index (χ0n) is 21.6. The Morgan fingerprint density at radius 2 is 1.59 bits per heavy atom. The number of hydrogen-bond acceptors (Lipinski definition) is 9. The maximum absolute atomic E-state index is 5.49. The molecule has 0 atom stereocenters. The Morgan fingerprint density at radius 3 is 2.35 bits per heavy atom. The molecule has 3 aliphatic rings. The summed E-state index contributed by atoms with van der Waals surface area (Å²) >= 11 is 0. The standard InChI is InChI=1S/C27H38N8O2/c1-2-4-23(5-3-1)35-20-29-24-25(30-21-6-8-22(9-7-21)34-14-18-37-19-15-34)31-27(32-26(24)35)28-10-11-33-12-16-36-17-13-33/h6-9,20,23H,1-5,10-19H2,(H2,28,30,31,32). The summed E-state index contributed by atoms with van der Waals surface area (Å²) in [7, 11) is 0. The highest BCUT2D eigenvalue weighted by Crippen LogP contribution is 2.33. The Balaban J connectivity index is 1.23. The van der Waals surface area contributed by atoms with E-state index < -0.39 is 0 Å². The van der Waals surface area contributed by atoms with Gasteiger partial charge in [0, 0.05) is 56.7 Å². The van der Waals surface area contributed by atoms with Crippen molar-refractivity contribution in [2.45, 2.75) is 38.1 Å². The van der Waals surface area contributed by atoms with E-state index in [0.717, 1.165) is 88.4 Å². The van der Waals surface area contributed by atoms with Crippen molar-refractivity contribution in [1.29, 1.82) is 0 Å². The van der Waals surface area contributed by atoms with Crippen molar-refractivity contribution in [2.75, 3.05) is 81.2 Å². The highest BCUT2D eigenvalue weighted by molar-refractivity contribution is 5.86. The summed E-state index contributed by atoms with van der Waals surface area (Å²) in [4.78, 5) is 19.4. The van der Waals surface area contributed by atoms with Gasteiger partial charge in [0.05, 0.1) is 32.8 Å². The van der Waals surface area contributed by atoms with Crippen LogP contribution in [0, 0.1) is 0 Å². The normalized spacial score (nSPS) is 19.8. The van der Waals surface area contributed by atoms with E-state index in [2.05, 4.69) is 49.3 Å². The molecular formula is C27H38N8O2. The summed E-state index contributed by atoms with van der Waals surface area (Å²) in [6.45, 7) is 8.72. The number of hydrogen-bond donors (Lipinski definition) is 2. The van der Waals surface area contributed by atoms with E-state index in [4.69, 9.17) is 24.4 Å². The number of ether oxygens (including phenoxy) is 2. The van der Waals surface area contributed by atoms with Gasteiger partial charge in [0.2, 0.25) is 5.95 Å². The summed E-state index contributed by atoms with van der Waals surface area (Å²) in [5.41, 5.74) is 3.93. The number of fused-ring (bicyclic) bond motifs is 1. The van der Waals surface area contributed by atoms with Gasteiger partial charge in [0.15, 0.2) is 17.0 Å². The van der Waals surface area contributed by atoms with Crippen LogP contribution in [-0.2, 0) is 9.47 Å². The lowest BCUT2D eigenvalue weighted by molar-refractivity contribution is 0.0398. The van der Waals surface area contributed by atoms with Gasteiger partial charge in [0.1, 0.15) is 0 Å². The summed E-state index contributed by atoms with van der Waals surface area (Å²) in [6, 6.07) is 9.00. The second kappa shape index (κ2) is 11.6. The first kappa shape index (κ1) is 24.4. The van der Waals surface area contributed by atoms with Gasteiger partial charge in [-0.2, -0.15) is 9.97 Å². The quantitative estimate of drug-likeness (QED) is 0.475. The predicted octanol–water partition coefficient (Wildman–Crippen LogP) is 3.66. The smallest absolute Gasteiger partial charge is 0.226 e. The maximum Gasteiger partial charge on any atom is 0.226 e. The molecule has 2 aromatic heterocycles. The van der Waals surface area contributed by atoms with Gasteiger partial charge >= 0.3 is 0 Å². The Morgan fingerprint density at radius 1 is 0.865 bits per heavy atom. The SMILES string of the molecule is c1cc(N2CCOCC2)ccc1Nc1nc(NCCN2CCOCC2)nc2c1ncn2C1CCCCC1. The molecular weight excluding hydrogens is 468 g/mol. The van der Waals surface area contributed by atoms with Crippen molar-refractivity contribution in [3.8, 4) is 0 Å². The van der Waals surface area contributed by atoms with Gasteiger partial charge in [-0.1, -0.05) is 19.3 Å². The van der Waals surface area contributed by atoms with Crippen LogP contribution in [0.1, 0.15) is 38.1 Å². The van der Waals surface area contributed by atoms with Gasteiger partial charge in [-0.15, -0.1) is 0 Å². The Kier molecular flexibility index (Phi) is 7.66. The Bertz CT molecular complexity index is 1150. The highest BCUT2D eigenvalue weighted by Gasteiger charge is 2.21. The third kappa shape index (κ3) is 5.81. The molecule has 2 aliphatic heterocycles. The van der Waals surface area contributed by atoms with Crippen molar-refractivity contribution >= 4 is 34.3 Å². The van der Waals surface area contributed by atoms with Crippen molar-refractivity contribution in [2.24, 2.45) is 0 Å². The van der Waals surface area contributed by atoms with E-state index in [1.165, 1.54) is 37.8 Å². The van der Waals surface area contributed by atoms with Crippen LogP contribution in [0.4, 0.5) is 23.1 Å². The fourth-order valence-electron chi connectivity index (χ4n) is 5.57. The molecule has 0 amide bonds. The van der Waals surface area contributed by atoms with Crippen LogP contribution in [0.5, 0.6) is 0 Å². The van der Waals surface area contributed by atoms with E-state index >= 15 is 0 Å². The summed E-state index contributed by atoms with van der Waals surface area (Å²) in [5.74, 6) is 1.39. The molecule has 4 heterocycles. The van der Waals surface area contributed by atoms with Gasteiger partial charge < -0.3 is 29.6 Å².